The number of nitrogens with one attached hydrogen (secondary N) is 1. The summed E-state index contributed by atoms with van der Waals surface area (Å²) in [5.74, 6) is -0.0206. The number of amides is 1. The topological polar surface area (TPSA) is 55.6 Å². The van der Waals surface area contributed by atoms with Crippen LogP contribution in [0.5, 0.6) is 0 Å². The van der Waals surface area contributed by atoms with Crippen LogP contribution in [0.2, 0.25) is 0 Å². The fourth-order valence-electron chi connectivity index (χ4n) is 2.26. The molecule has 0 bridgehead atoms. The number of thiazole rings is 1. The van der Waals surface area contributed by atoms with Crippen molar-refractivity contribution in [3.8, 4) is 0 Å². The summed E-state index contributed by atoms with van der Waals surface area (Å²) in [6, 6.07) is 0. The smallest absolute Gasteiger partial charge is 0.249 e. The van der Waals surface area contributed by atoms with Crippen LogP contribution in [-0.4, -0.2) is 28.0 Å². The SMILES string of the molecule is Cc1csc2nc(CNC(=O)[C@H]3CCCCO3)cn12. The number of hydrogen-bond donors (Lipinski definition) is 1. The first-order valence-electron chi connectivity index (χ1n) is 6.55. The first-order chi connectivity index (χ1) is 9.24. The number of rotatable bonds is 3. The average Bonchev–Trinajstić information content (AvgIpc) is 2.99. The molecule has 1 aliphatic heterocycles. The van der Waals surface area contributed by atoms with Gasteiger partial charge in [-0.15, -0.1) is 11.3 Å². The van der Waals surface area contributed by atoms with Crippen LogP contribution in [0.15, 0.2) is 11.6 Å². The number of ether oxygens (including phenoxy) is 1. The standard InChI is InChI=1S/C13H17N3O2S/c1-9-8-19-13-15-10(7-16(9)13)6-14-12(17)11-4-2-3-5-18-11/h7-8,11H,2-6H2,1H3,(H,14,17)/t11-/m1/s1. The summed E-state index contributed by atoms with van der Waals surface area (Å²) in [6.07, 6.45) is 4.64. The summed E-state index contributed by atoms with van der Waals surface area (Å²) in [6.45, 7) is 3.20. The van der Waals surface area contributed by atoms with Gasteiger partial charge in [0.15, 0.2) is 4.96 Å². The Bertz CT molecular complexity index is 584. The lowest BCUT2D eigenvalue weighted by Gasteiger charge is -2.21. The quantitative estimate of drug-likeness (QED) is 0.933. The average molecular weight is 279 g/mol. The summed E-state index contributed by atoms with van der Waals surface area (Å²) in [5, 5.41) is 4.97. The lowest BCUT2D eigenvalue weighted by atomic mass is 10.1. The monoisotopic (exact) mass is 279 g/mol. The van der Waals surface area contributed by atoms with E-state index in [1.54, 1.807) is 11.3 Å². The van der Waals surface area contributed by atoms with Crippen LogP contribution < -0.4 is 5.32 Å². The van der Waals surface area contributed by atoms with Gasteiger partial charge in [0.05, 0.1) is 12.2 Å². The predicted octanol–water partition coefficient (Wildman–Crippen LogP) is 1.89. The van der Waals surface area contributed by atoms with Crippen molar-refractivity contribution in [3.63, 3.8) is 0 Å². The van der Waals surface area contributed by atoms with Gasteiger partial charge in [0.2, 0.25) is 5.91 Å². The molecule has 1 amide bonds. The normalized spacial score (nSPS) is 19.7. The van der Waals surface area contributed by atoms with E-state index in [4.69, 9.17) is 4.74 Å². The zero-order chi connectivity index (χ0) is 13.2. The van der Waals surface area contributed by atoms with E-state index < -0.39 is 0 Å². The molecule has 3 heterocycles. The Morgan fingerprint density at radius 3 is 3.26 bits per heavy atom. The summed E-state index contributed by atoms with van der Waals surface area (Å²) < 4.78 is 7.50. The number of carbonyl (C=O) groups is 1. The third-order valence-corrected chi connectivity index (χ3v) is 4.31. The Morgan fingerprint density at radius 1 is 1.63 bits per heavy atom. The van der Waals surface area contributed by atoms with Crippen molar-refractivity contribution in [3.05, 3.63) is 23.0 Å². The van der Waals surface area contributed by atoms with Gasteiger partial charge in [0.1, 0.15) is 6.10 Å². The molecule has 0 saturated carbocycles. The number of hydrogen-bond acceptors (Lipinski definition) is 4. The van der Waals surface area contributed by atoms with Gasteiger partial charge in [0, 0.05) is 23.9 Å². The highest BCUT2D eigenvalue weighted by molar-refractivity contribution is 7.15. The number of aromatic nitrogens is 2. The molecule has 3 rings (SSSR count). The van der Waals surface area contributed by atoms with E-state index >= 15 is 0 Å². The second-order valence-electron chi connectivity index (χ2n) is 4.83. The van der Waals surface area contributed by atoms with Crippen molar-refractivity contribution in [1.82, 2.24) is 14.7 Å². The molecule has 2 aromatic heterocycles. The third-order valence-electron chi connectivity index (χ3n) is 3.35. The molecule has 102 valence electrons. The molecule has 5 nitrogen and oxygen atoms in total. The summed E-state index contributed by atoms with van der Waals surface area (Å²) in [4.78, 5) is 17.4. The van der Waals surface area contributed by atoms with Crippen molar-refractivity contribution in [1.29, 1.82) is 0 Å². The van der Waals surface area contributed by atoms with E-state index in [1.165, 1.54) is 5.69 Å². The fraction of sp³-hybridized carbons (Fsp3) is 0.538. The largest absolute Gasteiger partial charge is 0.368 e. The maximum atomic E-state index is 11.9. The van der Waals surface area contributed by atoms with Gasteiger partial charge in [0.25, 0.3) is 0 Å². The molecule has 0 aliphatic carbocycles. The molecule has 0 aromatic carbocycles. The van der Waals surface area contributed by atoms with E-state index in [0.717, 1.165) is 29.9 Å². The third kappa shape index (κ3) is 2.64. The van der Waals surface area contributed by atoms with Crippen LogP contribution in [0.3, 0.4) is 0 Å². The molecule has 1 aliphatic rings. The Balaban J connectivity index is 1.60. The molecule has 0 spiro atoms. The van der Waals surface area contributed by atoms with Crippen LogP contribution in [0, 0.1) is 6.92 Å². The zero-order valence-electron chi connectivity index (χ0n) is 10.9. The minimum Gasteiger partial charge on any atom is -0.368 e. The van der Waals surface area contributed by atoms with Crippen LogP contribution in [0.25, 0.3) is 4.96 Å². The first-order valence-corrected chi connectivity index (χ1v) is 7.43. The van der Waals surface area contributed by atoms with Crippen LogP contribution >= 0.6 is 11.3 Å². The first kappa shape index (κ1) is 12.6. The number of imidazole rings is 1. The van der Waals surface area contributed by atoms with E-state index in [-0.39, 0.29) is 12.0 Å². The molecule has 1 saturated heterocycles. The highest BCUT2D eigenvalue weighted by Crippen LogP contribution is 2.16. The molecule has 2 aromatic rings. The van der Waals surface area contributed by atoms with Crippen LogP contribution in [0.1, 0.15) is 30.7 Å². The van der Waals surface area contributed by atoms with E-state index in [2.05, 4.69) is 15.7 Å². The number of fused-ring (bicyclic) bond motifs is 1. The van der Waals surface area contributed by atoms with E-state index in [9.17, 15) is 4.79 Å². The van der Waals surface area contributed by atoms with Gasteiger partial charge in [-0.25, -0.2) is 4.98 Å². The van der Waals surface area contributed by atoms with E-state index in [0.29, 0.717) is 13.2 Å². The minimum atomic E-state index is -0.279. The van der Waals surface area contributed by atoms with Crippen molar-refractivity contribution >= 4 is 22.2 Å². The molecule has 0 unspecified atom stereocenters. The van der Waals surface area contributed by atoms with Gasteiger partial charge in [-0.1, -0.05) is 0 Å². The Hall–Kier alpha value is -1.40. The van der Waals surface area contributed by atoms with Crippen molar-refractivity contribution < 1.29 is 9.53 Å². The van der Waals surface area contributed by atoms with Crippen LogP contribution in [-0.2, 0) is 16.1 Å². The molecular weight excluding hydrogens is 262 g/mol. The van der Waals surface area contributed by atoms with Gasteiger partial charge in [-0.2, -0.15) is 0 Å². The Kier molecular flexibility index (Phi) is 3.52. The van der Waals surface area contributed by atoms with Gasteiger partial charge >= 0.3 is 0 Å². The molecule has 19 heavy (non-hydrogen) atoms. The van der Waals surface area contributed by atoms with Crippen molar-refractivity contribution in [2.75, 3.05) is 6.61 Å². The lowest BCUT2D eigenvalue weighted by Crippen LogP contribution is -2.38. The highest BCUT2D eigenvalue weighted by atomic mass is 32.1. The Morgan fingerprint density at radius 2 is 2.53 bits per heavy atom. The molecule has 0 radical (unpaired) electrons. The minimum absolute atomic E-state index is 0.0206. The molecular formula is C13H17N3O2S. The predicted molar refractivity (Wildman–Crippen MR) is 73.2 cm³/mol. The summed E-state index contributed by atoms with van der Waals surface area (Å²) in [5.41, 5.74) is 2.06. The lowest BCUT2D eigenvalue weighted by molar-refractivity contribution is -0.135. The second kappa shape index (κ2) is 5.30. The highest BCUT2D eigenvalue weighted by Gasteiger charge is 2.21. The maximum absolute atomic E-state index is 11.9. The summed E-state index contributed by atoms with van der Waals surface area (Å²) in [7, 11) is 0. The van der Waals surface area contributed by atoms with Crippen molar-refractivity contribution in [2.45, 2.75) is 38.8 Å². The molecule has 6 heteroatoms. The fourth-order valence-corrected chi connectivity index (χ4v) is 3.13. The second-order valence-corrected chi connectivity index (χ2v) is 5.67. The van der Waals surface area contributed by atoms with Gasteiger partial charge < -0.3 is 10.1 Å². The maximum Gasteiger partial charge on any atom is 0.249 e. The number of carbonyl (C=O) groups excluding carboxylic acids is 1. The van der Waals surface area contributed by atoms with Gasteiger partial charge in [-0.05, 0) is 26.2 Å². The Labute approximate surface area is 115 Å². The molecule has 1 fully saturated rings. The van der Waals surface area contributed by atoms with Crippen LogP contribution in [0.4, 0.5) is 0 Å². The van der Waals surface area contributed by atoms with Crippen molar-refractivity contribution in [2.24, 2.45) is 0 Å². The summed E-state index contributed by atoms with van der Waals surface area (Å²) >= 11 is 1.61. The van der Waals surface area contributed by atoms with E-state index in [1.807, 2.05) is 17.5 Å². The molecule has 1 atom stereocenters. The molecule has 1 N–H and O–H groups in total. The number of aryl methyl sites for hydroxylation is 1. The van der Waals surface area contributed by atoms with Gasteiger partial charge in [-0.3, -0.25) is 9.20 Å². The zero-order valence-corrected chi connectivity index (χ0v) is 11.7. The number of nitrogens with zero attached hydrogens (tertiary/aromatic N) is 2.